The number of hydrogen-bond donors (Lipinski definition) is 1. The zero-order chi connectivity index (χ0) is 9.68. The molecule has 1 aliphatic heterocycles. The van der Waals surface area contributed by atoms with E-state index < -0.39 is 0 Å². The molecule has 2 rings (SSSR count). The van der Waals surface area contributed by atoms with Crippen molar-refractivity contribution in [1.82, 2.24) is 0 Å². The van der Waals surface area contributed by atoms with Crippen LogP contribution in [0.2, 0.25) is 0 Å². The summed E-state index contributed by atoms with van der Waals surface area (Å²) in [6, 6.07) is 6.60. The van der Waals surface area contributed by atoms with Gasteiger partial charge >= 0.3 is 6.15 Å². The summed E-state index contributed by atoms with van der Waals surface area (Å²) in [5.41, 5.74) is 4.14. The number of hydrogen-bond acceptors (Lipinski definition) is 3. The number of nitrogens with one attached hydrogen (secondary N) is 1. The van der Waals surface area contributed by atoms with Gasteiger partial charge in [0.05, 0.1) is 0 Å². The van der Waals surface area contributed by atoms with Crippen molar-refractivity contribution in [1.29, 1.82) is 0 Å². The Labute approximate surface area is 76.8 Å². The quantitative estimate of drug-likeness (QED) is 0.651. The predicted octanol–water partition coefficient (Wildman–Crippen LogP) is 1.38. The minimum atomic E-state index is 0.250. The topological polar surface area (TPSA) is 46.2 Å². The van der Waals surface area contributed by atoms with E-state index in [2.05, 4.69) is 30.4 Å². The van der Waals surface area contributed by atoms with Gasteiger partial charge in [0.2, 0.25) is 0 Å². The lowest BCUT2D eigenvalue weighted by atomic mass is 10.1. The van der Waals surface area contributed by atoms with Crippen molar-refractivity contribution in [3.63, 3.8) is 0 Å². The number of aryl methyl sites for hydroxylation is 1. The molecule has 0 radical (unpaired) electrons. The second-order valence-corrected chi connectivity index (χ2v) is 2.92. The van der Waals surface area contributed by atoms with Crippen LogP contribution in [-0.2, 0) is 16.0 Å². The van der Waals surface area contributed by atoms with Crippen LogP contribution in [0.15, 0.2) is 18.2 Å². The molecule has 0 unspecified atom stereocenters. The molecule has 0 amide bonds. The number of rotatable bonds is 0. The van der Waals surface area contributed by atoms with Crippen molar-refractivity contribution < 1.29 is 9.59 Å². The average molecular weight is 177 g/mol. The Kier molecular flexibility index (Phi) is 3.23. The molecule has 1 aliphatic rings. The van der Waals surface area contributed by atoms with E-state index in [1.807, 2.05) is 0 Å². The van der Waals surface area contributed by atoms with Crippen LogP contribution in [0.3, 0.4) is 0 Å². The van der Waals surface area contributed by atoms with E-state index in [1.165, 1.54) is 23.2 Å². The van der Waals surface area contributed by atoms with E-state index in [1.54, 1.807) is 0 Å². The molecule has 0 saturated carbocycles. The summed E-state index contributed by atoms with van der Waals surface area (Å²) in [7, 11) is 0. The van der Waals surface area contributed by atoms with E-state index in [0.29, 0.717) is 0 Å². The highest BCUT2D eigenvalue weighted by molar-refractivity contribution is 5.56. The molecular formula is C10H11NO2. The maximum Gasteiger partial charge on any atom is 0.373 e. The van der Waals surface area contributed by atoms with Gasteiger partial charge in [-0.15, -0.1) is 0 Å². The van der Waals surface area contributed by atoms with Gasteiger partial charge in [-0.2, -0.15) is 9.59 Å². The number of anilines is 1. The van der Waals surface area contributed by atoms with Crippen LogP contribution in [0, 0.1) is 6.92 Å². The van der Waals surface area contributed by atoms with Crippen molar-refractivity contribution >= 4 is 11.8 Å². The lowest BCUT2D eigenvalue weighted by molar-refractivity contribution is -0.191. The van der Waals surface area contributed by atoms with Gasteiger partial charge in [0.25, 0.3) is 0 Å². The number of fused-ring (bicyclic) bond motifs is 1. The molecule has 3 heteroatoms. The highest BCUT2D eigenvalue weighted by atomic mass is 16.2. The van der Waals surface area contributed by atoms with Gasteiger partial charge in [-0.1, -0.05) is 12.1 Å². The van der Waals surface area contributed by atoms with Crippen molar-refractivity contribution in [2.45, 2.75) is 13.3 Å². The maximum atomic E-state index is 8.12. The summed E-state index contributed by atoms with van der Waals surface area (Å²) in [5.74, 6) is 0. The van der Waals surface area contributed by atoms with E-state index in [9.17, 15) is 0 Å². The van der Waals surface area contributed by atoms with Gasteiger partial charge in [0.1, 0.15) is 0 Å². The normalized spacial score (nSPS) is 11.8. The summed E-state index contributed by atoms with van der Waals surface area (Å²) in [6.45, 7) is 3.24. The third-order valence-corrected chi connectivity index (χ3v) is 1.98. The van der Waals surface area contributed by atoms with Crippen LogP contribution >= 0.6 is 0 Å². The second-order valence-electron chi connectivity index (χ2n) is 2.92. The molecule has 0 bridgehead atoms. The number of benzene rings is 1. The van der Waals surface area contributed by atoms with Crippen LogP contribution < -0.4 is 5.32 Å². The maximum absolute atomic E-state index is 8.12. The minimum absolute atomic E-state index is 0.250. The van der Waals surface area contributed by atoms with Crippen LogP contribution in [0.1, 0.15) is 11.1 Å². The van der Waals surface area contributed by atoms with Crippen LogP contribution in [0.5, 0.6) is 0 Å². The van der Waals surface area contributed by atoms with E-state index in [4.69, 9.17) is 9.59 Å². The molecule has 1 N–H and O–H groups in total. The molecule has 0 aliphatic carbocycles. The molecule has 0 fully saturated rings. The predicted molar refractivity (Wildman–Crippen MR) is 48.4 cm³/mol. The number of carbonyl (C=O) groups excluding carboxylic acids is 2. The molecule has 1 heterocycles. The first-order chi connectivity index (χ1) is 6.27. The molecule has 0 spiro atoms. The SMILES string of the molecule is Cc1ccc2c(c1)NCC2.O=C=O. The first kappa shape index (κ1) is 9.49. The molecule has 3 nitrogen and oxygen atoms in total. The minimum Gasteiger partial charge on any atom is -0.384 e. The van der Waals surface area contributed by atoms with Gasteiger partial charge in [-0.25, -0.2) is 0 Å². The molecule has 0 atom stereocenters. The Morgan fingerprint density at radius 1 is 1.38 bits per heavy atom. The second kappa shape index (κ2) is 4.43. The first-order valence-corrected chi connectivity index (χ1v) is 4.10. The monoisotopic (exact) mass is 177 g/mol. The lowest BCUT2D eigenvalue weighted by Crippen LogP contribution is -1.90. The highest BCUT2D eigenvalue weighted by Gasteiger charge is 2.07. The molecule has 1 aromatic carbocycles. The Morgan fingerprint density at radius 3 is 2.77 bits per heavy atom. The molecule has 13 heavy (non-hydrogen) atoms. The fraction of sp³-hybridized carbons (Fsp3) is 0.300. The van der Waals surface area contributed by atoms with E-state index in [0.717, 1.165) is 6.54 Å². The first-order valence-electron chi connectivity index (χ1n) is 4.10. The Morgan fingerprint density at radius 2 is 2.08 bits per heavy atom. The Bertz CT molecular complexity index is 328. The van der Waals surface area contributed by atoms with Crippen LogP contribution in [0.4, 0.5) is 5.69 Å². The van der Waals surface area contributed by atoms with Crippen LogP contribution in [0.25, 0.3) is 0 Å². The summed E-state index contributed by atoms with van der Waals surface area (Å²) in [5, 5.41) is 3.34. The third-order valence-electron chi connectivity index (χ3n) is 1.98. The van der Waals surface area contributed by atoms with Gasteiger partial charge < -0.3 is 5.32 Å². The summed E-state index contributed by atoms with van der Waals surface area (Å²) >= 11 is 0. The fourth-order valence-electron chi connectivity index (χ4n) is 1.40. The van der Waals surface area contributed by atoms with Crippen molar-refractivity contribution in [3.05, 3.63) is 29.3 Å². The standard InChI is InChI=1S/C9H11N.CO2/c1-7-2-3-8-4-5-10-9(8)6-7;2-1-3/h2-3,6,10H,4-5H2,1H3;. The van der Waals surface area contributed by atoms with Gasteiger partial charge in [0.15, 0.2) is 0 Å². The molecule has 68 valence electrons. The van der Waals surface area contributed by atoms with Crippen molar-refractivity contribution in [3.8, 4) is 0 Å². The molecular weight excluding hydrogens is 166 g/mol. The van der Waals surface area contributed by atoms with Gasteiger partial charge in [-0.05, 0) is 30.5 Å². The van der Waals surface area contributed by atoms with Gasteiger partial charge in [-0.3, -0.25) is 0 Å². The zero-order valence-electron chi connectivity index (χ0n) is 7.46. The Balaban J connectivity index is 0.000000251. The molecule has 0 saturated heterocycles. The molecule has 1 aromatic rings. The highest BCUT2D eigenvalue weighted by Crippen LogP contribution is 2.22. The smallest absolute Gasteiger partial charge is 0.373 e. The molecule has 0 aromatic heterocycles. The summed E-state index contributed by atoms with van der Waals surface area (Å²) < 4.78 is 0. The van der Waals surface area contributed by atoms with E-state index >= 15 is 0 Å². The third kappa shape index (κ3) is 2.42. The average Bonchev–Trinajstić information content (AvgIpc) is 2.52. The summed E-state index contributed by atoms with van der Waals surface area (Å²) in [4.78, 5) is 16.2. The largest absolute Gasteiger partial charge is 0.384 e. The van der Waals surface area contributed by atoms with Crippen molar-refractivity contribution in [2.24, 2.45) is 0 Å². The van der Waals surface area contributed by atoms with Crippen LogP contribution in [-0.4, -0.2) is 12.7 Å². The lowest BCUT2D eigenvalue weighted by Gasteiger charge is -1.98. The van der Waals surface area contributed by atoms with Gasteiger partial charge in [0, 0.05) is 12.2 Å². The zero-order valence-corrected chi connectivity index (χ0v) is 7.46. The Hall–Kier alpha value is -1.60. The van der Waals surface area contributed by atoms with Crippen molar-refractivity contribution in [2.75, 3.05) is 11.9 Å². The summed E-state index contributed by atoms with van der Waals surface area (Å²) in [6.07, 6.45) is 1.44. The van der Waals surface area contributed by atoms with E-state index in [-0.39, 0.29) is 6.15 Å². The fourth-order valence-corrected chi connectivity index (χ4v) is 1.40.